The predicted molar refractivity (Wildman–Crippen MR) is 111 cm³/mol. The molecule has 0 fully saturated rings. The highest BCUT2D eigenvalue weighted by Crippen LogP contribution is 2.37. The van der Waals surface area contributed by atoms with E-state index in [1.165, 1.54) is 5.56 Å². The fourth-order valence-corrected chi connectivity index (χ4v) is 3.61. The van der Waals surface area contributed by atoms with Gasteiger partial charge in [0.25, 0.3) is 0 Å². The molecule has 0 aromatic heterocycles. The number of cyclic esters (lactones) is 1. The lowest BCUT2D eigenvalue weighted by Crippen LogP contribution is -2.42. The molecule has 0 saturated heterocycles. The zero-order valence-corrected chi connectivity index (χ0v) is 18.4. The Labute approximate surface area is 165 Å². The van der Waals surface area contributed by atoms with Crippen LogP contribution in [0.25, 0.3) is 0 Å². The maximum atomic E-state index is 12.0. The molecule has 0 radical (unpaired) electrons. The standard InChI is InChI=1S/C22H34O4Si/c1-22(2,3)27(4,5)25-17-20-15-19(21(23)26-20)13-9-10-14-24-16-18-11-7-6-8-12-18/h6-8,11-12,15,20H,9-10,13-14,16-17H2,1-5H3/t20-/m0/s1. The van der Waals surface area contributed by atoms with Crippen molar-refractivity contribution in [2.75, 3.05) is 13.2 Å². The minimum atomic E-state index is -1.82. The van der Waals surface area contributed by atoms with E-state index >= 15 is 0 Å². The second-order valence-corrected chi connectivity index (χ2v) is 13.5. The number of esters is 1. The Bertz CT molecular complexity index is 631. The summed E-state index contributed by atoms with van der Waals surface area (Å²) in [6, 6.07) is 10.2. The smallest absolute Gasteiger partial charge is 0.334 e. The summed E-state index contributed by atoms with van der Waals surface area (Å²) >= 11 is 0. The maximum absolute atomic E-state index is 12.0. The van der Waals surface area contributed by atoms with Crippen molar-refractivity contribution >= 4 is 14.3 Å². The van der Waals surface area contributed by atoms with Crippen molar-refractivity contribution in [1.82, 2.24) is 0 Å². The Kier molecular flexibility index (Phi) is 7.83. The summed E-state index contributed by atoms with van der Waals surface area (Å²) in [4.78, 5) is 12.0. The number of unbranched alkanes of at least 4 members (excludes halogenated alkanes) is 1. The Morgan fingerprint density at radius 1 is 1.11 bits per heavy atom. The Morgan fingerprint density at radius 2 is 1.81 bits per heavy atom. The summed E-state index contributed by atoms with van der Waals surface area (Å²) in [7, 11) is -1.82. The van der Waals surface area contributed by atoms with Crippen molar-refractivity contribution < 1.29 is 18.7 Å². The molecular weight excluding hydrogens is 356 g/mol. The average molecular weight is 391 g/mol. The minimum Gasteiger partial charge on any atom is -0.452 e. The van der Waals surface area contributed by atoms with Crippen molar-refractivity contribution in [3.8, 4) is 0 Å². The highest BCUT2D eigenvalue weighted by Gasteiger charge is 2.38. The third-order valence-electron chi connectivity index (χ3n) is 5.42. The van der Waals surface area contributed by atoms with E-state index in [0.29, 0.717) is 19.8 Å². The van der Waals surface area contributed by atoms with Crippen molar-refractivity contribution in [2.24, 2.45) is 0 Å². The normalized spacial score (nSPS) is 17.7. The zero-order chi connectivity index (χ0) is 19.9. The number of rotatable bonds is 10. The van der Waals surface area contributed by atoms with Crippen LogP contribution in [0, 0.1) is 0 Å². The molecule has 1 aromatic carbocycles. The van der Waals surface area contributed by atoms with E-state index in [0.717, 1.165) is 24.8 Å². The van der Waals surface area contributed by atoms with E-state index in [4.69, 9.17) is 13.9 Å². The van der Waals surface area contributed by atoms with Gasteiger partial charge < -0.3 is 13.9 Å². The van der Waals surface area contributed by atoms with Crippen LogP contribution in [0.1, 0.15) is 45.6 Å². The third kappa shape index (κ3) is 6.90. The van der Waals surface area contributed by atoms with E-state index in [1.807, 2.05) is 24.3 Å². The lowest BCUT2D eigenvalue weighted by atomic mass is 10.1. The average Bonchev–Trinajstić information content (AvgIpc) is 2.96. The Balaban J connectivity index is 1.66. The topological polar surface area (TPSA) is 44.8 Å². The highest BCUT2D eigenvalue weighted by atomic mass is 28.4. The maximum Gasteiger partial charge on any atom is 0.334 e. The van der Waals surface area contributed by atoms with Crippen LogP contribution in [0.15, 0.2) is 42.0 Å². The SMILES string of the molecule is CC(C)(C)[Si](C)(C)OC[C@@H]1C=C(CCCCOCc2ccccc2)C(=O)O1. The highest BCUT2D eigenvalue weighted by molar-refractivity contribution is 6.74. The molecule has 0 bridgehead atoms. The van der Waals surface area contributed by atoms with Gasteiger partial charge >= 0.3 is 5.97 Å². The van der Waals surface area contributed by atoms with Gasteiger partial charge in [0.2, 0.25) is 0 Å². The molecular formula is C22H34O4Si. The van der Waals surface area contributed by atoms with E-state index in [2.05, 4.69) is 46.0 Å². The van der Waals surface area contributed by atoms with E-state index < -0.39 is 8.32 Å². The lowest BCUT2D eigenvalue weighted by molar-refractivity contribution is -0.140. The van der Waals surface area contributed by atoms with Crippen molar-refractivity contribution in [2.45, 2.75) is 70.9 Å². The van der Waals surface area contributed by atoms with Crippen LogP contribution in [-0.4, -0.2) is 33.6 Å². The summed E-state index contributed by atoms with van der Waals surface area (Å²) < 4.78 is 17.3. The molecule has 1 aliphatic rings. The predicted octanol–water partition coefficient (Wildman–Crippen LogP) is 5.25. The van der Waals surface area contributed by atoms with Gasteiger partial charge in [0.1, 0.15) is 6.10 Å². The van der Waals surface area contributed by atoms with Crippen LogP contribution >= 0.6 is 0 Å². The van der Waals surface area contributed by atoms with E-state index in [1.54, 1.807) is 0 Å². The number of hydrogen-bond acceptors (Lipinski definition) is 4. The molecule has 2 rings (SSSR count). The fourth-order valence-electron chi connectivity index (χ4n) is 2.60. The van der Waals surface area contributed by atoms with Gasteiger partial charge in [-0.05, 0) is 49.0 Å². The van der Waals surface area contributed by atoms with E-state index in [9.17, 15) is 4.79 Å². The largest absolute Gasteiger partial charge is 0.452 e. The van der Waals surface area contributed by atoms with Crippen LogP contribution in [0.5, 0.6) is 0 Å². The van der Waals surface area contributed by atoms with Crippen LogP contribution in [-0.2, 0) is 25.3 Å². The first-order valence-electron chi connectivity index (χ1n) is 9.86. The van der Waals surface area contributed by atoms with Gasteiger partial charge in [-0.1, -0.05) is 51.1 Å². The van der Waals surface area contributed by atoms with Gasteiger partial charge in [0.05, 0.1) is 13.2 Å². The number of carbonyl (C=O) groups excluding carboxylic acids is 1. The monoisotopic (exact) mass is 390 g/mol. The molecule has 150 valence electrons. The van der Waals surface area contributed by atoms with Gasteiger partial charge in [-0.15, -0.1) is 0 Å². The van der Waals surface area contributed by atoms with Crippen LogP contribution in [0.2, 0.25) is 18.1 Å². The van der Waals surface area contributed by atoms with E-state index in [-0.39, 0.29) is 17.1 Å². The fraction of sp³-hybridized carbons (Fsp3) is 0.591. The summed E-state index contributed by atoms with van der Waals surface area (Å²) in [6.45, 7) is 12.9. The molecule has 1 atom stereocenters. The number of ether oxygens (including phenoxy) is 2. The molecule has 0 spiro atoms. The Hall–Kier alpha value is -1.43. The molecule has 1 heterocycles. The van der Waals surface area contributed by atoms with Crippen LogP contribution in [0.4, 0.5) is 0 Å². The molecule has 27 heavy (non-hydrogen) atoms. The van der Waals surface area contributed by atoms with Gasteiger partial charge in [-0.2, -0.15) is 0 Å². The summed E-state index contributed by atoms with van der Waals surface area (Å²) in [6.07, 6.45) is 4.30. The number of hydrogen-bond donors (Lipinski definition) is 0. The first kappa shape index (κ1) is 21.9. The minimum absolute atomic E-state index is 0.155. The summed E-state index contributed by atoms with van der Waals surface area (Å²) in [5, 5.41) is 0.155. The van der Waals surface area contributed by atoms with Crippen molar-refractivity contribution in [3.05, 3.63) is 47.5 Å². The molecule has 0 amide bonds. The first-order chi connectivity index (χ1) is 12.7. The quantitative estimate of drug-likeness (QED) is 0.311. The van der Waals surface area contributed by atoms with Crippen LogP contribution < -0.4 is 0 Å². The van der Waals surface area contributed by atoms with Gasteiger partial charge in [0, 0.05) is 12.2 Å². The second kappa shape index (κ2) is 9.67. The number of carbonyl (C=O) groups is 1. The molecule has 4 nitrogen and oxygen atoms in total. The molecule has 5 heteroatoms. The lowest BCUT2D eigenvalue weighted by Gasteiger charge is -2.36. The summed E-state index contributed by atoms with van der Waals surface area (Å²) in [5.74, 6) is -0.191. The van der Waals surface area contributed by atoms with Crippen molar-refractivity contribution in [1.29, 1.82) is 0 Å². The first-order valence-corrected chi connectivity index (χ1v) is 12.8. The zero-order valence-electron chi connectivity index (χ0n) is 17.4. The Morgan fingerprint density at radius 3 is 2.48 bits per heavy atom. The number of benzene rings is 1. The van der Waals surface area contributed by atoms with Gasteiger partial charge in [0.15, 0.2) is 8.32 Å². The molecule has 0 N–H and O–H groups in total. The third-order valence-corrected chi connectivity index (χ3v) is 9.92. The molecule has 1 aliphatic heterocycles. The molecule has 0 saturated carbocycles. The second-order valence-electron chi connectivity index (χ2n) is 8.70. The molecule has 0 unspecified atom stereocenters. The molecule has 1 aromatic rings. The summed E-state index contributed by atoms with van der Waals surface area (Å²) in [5.41, 5.74) is 1.96. The van der Waals surface area contributed by atoms with Gasteiger partial charge in [-0.25, -0.2) is 4.79 Å². The van der Waals surface area contributed by atoms with Gasteiger partial charge in [-0.3, -0.25) is 0 Å². The van der Waals surface area contributed by atoms with Crippen molar-refractivity contribution in [3.63, 3.8) is 0 Å². The van der Waals surface area contributed by atoms with Crippen LogP contribution in [0.3, 0.4) is 0 Å². The molecule has 0 aliphatic carbocycles.